The predicted octanol–water partition coefficient (Wildman–Crippen LogP) is 3.05. The van der Waals surface area contributed by atoms with Gasteiger partial charge in [0, 0.05) is 16.4 Å². The van der Waals surface area contributed by atoms with Gasteiger partial charge in [-0.25, -0.2) is 0 Å². The summed E-state index contributed by atoms with van der Waals surface area (Å²) in [5.74, 6) is 0. The number of aliphatic hydroxyl groups is 4. The third-order valence-electron chi connectivity index (χ3n) is 8.87. The van der Waals surface area contributed by atoms with Gasteiger partial charge in [-0.2, -0.15) is 0 Å². The van der Waals surface area contributed by atoms with Crippen molar-refractivity contribution in [3.8, 4) is 0 Å². The first-order valence-electron chi connectivity index (χ1n) is 17.7. The minimum Gasteiger partial charge on any atom is -0.388 e. The lowest BCUT2D eigenvalue weighted by Gasteiger charge is -2.42. The van der Waals surface area contributed by atoms with Gasteiger partial charge in [0.15, 0.2) is 12.6 Å². The third-order valence-corrected chi connectivity index (χ3v) is 8.87. The molecule has 0 spiro atoms. The van der Waals surface area contributed by atoms with Crippen molar-refractivity contribution in [2.24, 2.45) is 21.7 Å². The highest BCUT2D eigenvalue weighted by Crippen LogP contribution is 2.25. The van der Waals surface area contributed by atoms with Gasteiger partial charge in [0.05, 0.1) is 50.6 Å². The molecule has 0 aromatic carbocycles. The highest BCUT2D eigenvalue weighted by Gasteiger charge is 2.45. The first-order chi connectivity index (χ1) is 23.2. The lowest BCUT2D eigenvalue weighted by atomic mass is 9.97. The Morgan fingerprint density at radius 1 is 0.646 bits per heavy atom. The summed E-state index contributed by atoms with van der Waals surface area (Å²) in [5, 5.41) is 48.3. The van der Waals surface area contributed by atoms with E-state index >= 15 is 0 Å². The van der Waals surface area contributed by atoms with Crippen molar-refractivity contribution in [3.05, 3.63) is 20.9 Å². The van der Waals surface area contributed by atoms with Crippen LogP contribution in [0.25, 0.3) is 20.9 Å². The minimum absolute atomic E-state index is 0.0416. The smallest absolute Gasteiger partial charge is 0.176 e. The number of hydrogen-bond donors (Lipinski definition) is 6. The van der Waals surface area contributed by atoms with Crippen LogP contribution < -0.4 is 11.5 Å². The summed E-state index contributed by atoms with van der Waals surface area (Å²) in [4.78, 5) is 5.34. The Morgan fingerprint density at radius 2 is 1.08 bits per heavy atom. The molecular weight excluding hydrogens is 628 g/mol. The Labute approximate surface area is 283 Å². The summed E-state index contributed by atoms with van der Waals surface area (Å²) in [6.07, 6.45) is 6.46. The Balaban J connectivity index is 1.83. The van der Waals surface area contributed by atoms with Crippen molar-refractivity contribution < 1.29 is 44.1 Å². The van der Waals surface area contributed by atoms with Gasteiger partial charge in [0.25, 0.3) is 0 Å². The van der Waals surface area contributed by atoms with Crippen LogP contribution in [-0.4, -0.2) is 121 Å². The topological polar surface area (TPSA) is 277 Å². The second-order valence-electron chi connectivity index (χ2n) is 12.8. The number of aliphatic hydroxyl groups excluding tert-OH is 4. The number of nitrogens with two attached hydrogens (primary N) is 2. The Morgan fingerprint density at radius 3 is 1.56 bits per heavy atom. The molecule has 278 valence electrons. The van der Waals surface area contributed by atoms with Crippen molar-refractivity contribution in [2.45, 2.75) is 164 Å². The molecule has 0 radical (unpaired) electrons. The van der Waals surface area contributed by atoms with Gasteiger partial charge in [-0.05, 0) is 17.5 Å². The predicted molar refractivity (Wildman–Crippen MR) is 177 cm³/mol. The van der Waals surface area contributed by atoms with Crippen LogP contribution in [0.3, 0.4) is 0 Å². The first kappa shape index (κ1) is 42.3. The van der Waals surface area contributed by atoms with Crippen LogP contribution in [0.15, 0.2) is 10.2 Å². The number of hydrogen-bond acceptors (Lipinski definition) is 13. The van der Waals surface area contributed by atoms with E-state index in [2.05, 4.69) is 27.0 Å². The minimum atomic E-state index is -1.42. The van der Waals surface area contributed by atoms with Gasteiger partial charge in [0.1, 0.15) is 30.5 Å². The monoisotopic (exact) mass is 688 g/mol. The maximum atomic E-state index is 10.5. The van der Waals surface area contributed by atoms with Crippen molar-refractivity contribution in [3.63, 3.8) is 0 Å². The van der Waals surface area contributed by atoms with E-state index in [0.29, 0.717) is 6.61 Å². The second-order valence-corrected chi connectivity index (χ2v) is 12.8. The molecule has 0 saturated carbocycles. The number of azide groups is 2. The number of unbranched alkanes of at least 4 members (excludes halogenated alkanes) is 13. The van der Waals surface area contributed by atoms with Crippen LogP contribution in [0, 0.1) is 0 Å². The van der Waals surface area contributed by atoms with Gasteiger partial charge in [-0.1, -0.05) is 101 Å². The van der Waals surface area contributed by atoms with E-state index in [-0.39, 0.29) is 26.3 Å². The zero-order valence-electron chi connectivity index (χ0n) is 28.5. The second kappa shape index (κ2) is 25.2. The summed E-state index contributed by atoms with van der Waals surface area (Å²) in [7, 11) is 0. The molecular formula is C31H60N8O9. The number of ether oxygens (including phenoxy) is 5. The average molecular weight is 689 g/mol. The maximum absolute atomic E-state index is 10.5. The molecule has 2 rings (SSSR count). The fourth-order valence-electron chi connectivity index (χ4n) is 5.85. The molecule has 5 unspecified atom stereocenters. The van der Waals surface area contributed by atoms with E-state index in [1.54, 1.807) is 0 Å². The van der Waals surface area contributed by atoms with Crippen molar-refractivity contribution >= 4 is 0 Å². The van der Waals surface area contributed by atoms with Crippen LogP contribution >= 0.6 is 0 Å². The highest BCUT2D eigenvalue weighted by atomic mass is 16.7. The summed E-state index contributed by atoms with van der Waals surface area (Å²) in [6, 6.07) is -2.27. The van der Waals surface area contributed by atoms with E-state index in [1.165, 1.54) is 70.6 Å². The van der Waals surface area contributed by atoms with Crippen LogP contribution in [0.5, 0.6) is 0 Å². The van der Waals surface area contributed by atoms with Crippen molar-refractivity contribution in [1.29, 1.82) is 0 Å². The zero-order chi connectivity index (χ0) is 35.1. The summed E-state index contributed by atoms with van der Waals surface area (Å²) < 4.78 is 29.2. The Bertz CT molecular complexity index is 946. The molecule has 48 heavy (non-hydrogen) atoms. The molecule has 2 saturated heterocycles. The van der Waals surface area contributed by atoms with E-state index in [0.717, 1.165) is 19.3 Å². The van der Waals surface area contributed by atoms with Gasteiger partial charge >= 0.3 is 0 Å². The van der Waals surface area contributed by atoms with Gasteiger partial charge in [0.2, 0.25) is 0 Å². The standard InChI is InChI=1S/C31H60N8O9/c1-2-3-4-5-6-7-8-9-10-11-12-13-14-15-16-44-19-21(46-31-25(33)29(43)27(41)23(48-31)18-37-39-35)20-45-30-24(32)28(42)26(40)22(47-30)17-36-38-34/h21-31,40-43H,2-20,32-33H2,1H3/t21?,22?,23?,24?,25?,26-,27-,28-,29-,30-,31-/m1/s1. The molecule has 2 heterocycles. The fraction of sp³-hybridized carbons (Fsp3) is 1.00. The van der Waals surface area contributed by atoms with Crippen LogP contribution in [0.2, 0.25) is 0 Å². The van der Waals surface area contributed by atoms with Crippen LogP contribution in [0.4, 0.5) is 0 Å². The number of rotatable bonds is 26. The molecule has 2 aliphatic heterocycles. The van der Waals surface area contributed by atoms with Crippen molar-refractivity contribution in [1.82, 2.24) is 0 Å². The quantitative estimate of drug-likeness (QED) is 0.0332. The van der Waals surface area contributed by atoms with Crippen molar-refractivity contribution in [2.75, 3.05) is 32.9 Å². The normalized spacial score (nSPS) is 31.1. The largest absolute Gasteiger partial charge is 0.388 e. The molecule has 0 bridgehead atoms. The molecule has 0 aliphatic carbocycles. The summed E-state index contributed by atoms with van der Waals surface area (Å²) in [6.45, 7) is 2.07. The van der Waals surface area contributed by atoms with E-state index < -0.39 is 67.4 Å². The average Bonchev–Trinajstić information content (AvgIpc) is 3.09. The molecule has 0 aromatic heterocycles. The first-order valence-corrected chi connectivity index (χ1v) is 17.7. The molecule has 11 atom stereocenters. The molecule has 17 heteroatoms. The van der Waals surface area contributed by atoms with E-state index in [4.69, 9.17) is 46.2 Å². The number of nitrogens with zero attached hydrogens (tertiary/aromatic N) is 6. The molecule has 8 N–H and O–H groups in total. The molecule has 2 fully saturated rings. The van der Waals surface area contributed by atoms with Crippen LogP contribution in [-0.2, 0) is 23.7 Å². The Hall–Kier alpha value is -1.82. The lowest BCUT2D eigenvalue weighted by molar-refractivity contribution is -0.294. The van der Waals surface area contributed by atoms with Crippen LogP contribution in [0.1, 0.15) is 96.8 Å². The molecule has 0 amide bonds. The van der Waals surface area contributed by atoms with Gasteiger partial charge in [-0.3, -0.25) is 0 Å². The van der Waals surface area contributed by atoms with E-state index in [9.17, 15) is 20.4 Å². The highest BCUT2D eigenvalue weighted by molar-refractivity contribution is 4.94. The molecule has 17 nitrogen and oxygen atoms in total. The Kier molecular flexibility index (Phi) is 22.2. The summed E-state index contributed by atoms with van der Waals surface area (Å²) in [5.41, 5.74) is 29.5. The van der Waals surface area contributed by atoms with Gasteiger partial charge in [-0.15, -0.1) is 0 Å². The fourth-order valence-corrected chi connectivity index (χ4v) is 5.85. The SMILES string of the molecule is CCCCCCCCCCCCCCCCOCC(CO[C@@H]1OC(CN=[N+]=[N-])[C@@H](O)[C@H](O)C1N)O[C@@H]1OC(CN=[N+]=[N-])[C@@H](O)[C@H](O)C1N. The molecule has 0 aromatic rings. The third kappa shape index (κ3) is 15.4. The van der Waals surface area contributed by atoms with Gasteiger partial charge < -0.3 is 55.6 Å². The maximum Gasteiger partial charge on any atom is 0.176 e. The summed E-state index contributed by atoms with van der Waals surface area (Å²) >= 11 is 0. The lowest BCUT2D eigenvalue weighted by Crippen LogP contribution is -2.63. The molecule has 2 aliphatic rings. The van der Waals surface area contributed by atoms with E-state index in [1.807, 2.05) is 0 Å². The zero-order valence-corrected chi connectivity index (χ0v) is 28.5.